The van der Waals surface area contributed by atoms with Gasteiger partial charge in [0.15, 0.2) is 0 Å². The standard InChI is InChI=1S/C18H22N4/c1-3-15-14(11-21-10-9-19-16(21)4-2)5-6-17(20-15)22-12-18(13-22)7-8-18/h3,5-6,9-10H,1,4,7-8,11-13H2,2H3. The van der Waals surface area contributed by atoms with Crippen molar-refractivity contribution in [2.24, 2.45) is 5.41 Å². The van der Waals surface area contributed by atoms with E-state index in [1.807, 2.05) is 18.5 Å². The van der Waals surface area contributed by atoms with Crippen LogP contribution >= 0.6 is 0 Å². The molecule has 1 saturated carbocycles. The summed E-state index contributed by atoms with van der Waals surface area (Å²) < 4.78 is 2.19. The van der Waals surface area contributed by atoms with Gasteiger partial charge in [-0.15, -0.1) is 0 Å². The van der Waals surface area contributed by atoms with Crippen molar-refractivity contribution < 1.29 is 0 Å². The summed E-state index contributed by atoms with van der Waals surface area (Å²) in [6.07, 6.45) is 9.51. The second-order valence-electron chi connectivity index (χ2n) is 6.60. The quantitative estimate of drug-likeness (QED) is 0.849. The van der Waals surface area contributed by atoms with Crippen LogP contribution in [0.15, 0.2) is 31.1 Å². The first-order valence-corrected chi connectivity index (χ1v) is 8.10. The lowest BCUT2D eigenvalue weighted by Crippen LogP contribution is -2.48. The van der Waals surface area contributed by atoms with Crippen molar-refractivity contribution in [1.29, 1.82) is 0 Å². The normalized spacial score (nSPS) is 18.3. The minimum atomic E-state index is 0.654. The molecule has 114 valence electrons. The molecule has 1 spiro atoms. The first-order chi connectivity index (χ1) is 10.7. The van der Waals surface area contributed by atoms with Crippen molar-refractivity contribution in [3.63, 3.8) is 0 Å². The second kappa shape index (κ2) is 4.97. The van der Waals surface area contributed by atoms with E-state index in [4.69, 9.17) is 4.98 Å². The first-order valence-electron chi connectivity index (χ1n) is 8.10. The van der Waals surface area contributed by atoms with Gasteiger partial charge in [-0.05, 0) is 30.5 Å². The highest BCUT2D eigenvalue weighted by atomic mass is 15.3. The van der Waals surface area contributed by atoms with E-state index in [0.717, 1.165) is 30.3 Å². The molecule has 1 saturated heterocycles. The van der Waals surface area contributed by atoms with Crippen molar-refractivity contribution >= 4 is 11.9 Å². The fourth-order valence-corrected chi connectivity index (χ4v) is 3.38. The molecule has 0 amide bonds. The molecule has 22 heavy (non-hydrogen) atoms. The van der Waals surface area contributed by atoms with E-state index in [2.05, 4.69) is 40.1 Å². The molecule has 4 nitrogen and oxygen atoms in total. The van der Waals surface area contributed by atoms with Crippen LogP contribution < -0.4 is 4.90 Å². The highest BCUT2D eigenvalue weighted by molar-refractivity contribution is 5.54. The number of pyridine rings is 1. The van der Waals surface area contributed by atoms with E-state index in [1.54, 1.807) is 0 Å². The highest BCUT2D eigenvalue weighted by Gasteiger charge is 2.52. The van der Waals surface area contributed by atoms with E-state index >= 15 is 0 Å². The Kier molecular flexibility index (Phi) is 3.06. The van der Waals surface area contributed by atoms with Crippen LogP contribution in [0.2, 0.25) is 0 Å². The van der Waals surface area contributed by atoms with Crippen molar-refractivity contribution in [3.05, 3.63) is 48.2 Å². The summed E-state index contributed by atoms with van der Waals surface area (Å²) in [5.41, 5.74) is 2.85. The summed E-state index contributed by atoms with van der Waals surface area (Å²) in [7, 11) is 0. The van der Waals surface area contributed by atoms with Gasteiger partial charge in [0.2, 0.25) is 0 Å². The van der Waals surface area contributed by atoms with E-state index in [9.17, 15) is 0 Å². The van der Waals surface area contributed by atoms with Gasteiger partial charge in [0.25, 0.3) is 0 Å². The number of rotatable bonds is 5. The lowest BCUT2D eigenvalue weighted by Gasteiger charge is -2.41. The van der Waals surface area contributed by atoms with E-state index in [0.29, 0.717) is 5.41 Å². The molecule has 3 heterocycles. The maximum Gasteiger partial charge on any atom is 0.129 e. The van der Waals surface area contributed by atoms with Gasteiger partial charge in [-0.25, -0.2) is 9.97 Å². The molecule has 0 unspecified atom stereocenters. The molecule has 2 aromatic rings. The Morgan fingerprint density at radius 1 is 1.32 bits per heavy atom. The van der Waals surface area contributed by atoms with E-state index < -0.39 is 0 Å². The van der Waals surface area contributed by atoms with Crippen LogP contribution in [0.1, 0.15) is 36.8 Å². The monoisotopic (exact) mass is 294 g/mol. The van der Waals surface area contributed by atoms with Gasteiger partial charge in [-0.3, -0.25) is 0 Å². The zero-order valence-corrected chi connectivity index (χ0v) is 13.1. The van der Waals surface area contributed by atoms with Crippen LogP contribution in [0.4, 0.5) is 5.82 Å². The summed E-state index contributed by atoms with van der Waals surface area (Å²) in [6, 6.07) is 4.34. The summed E-state index contributed by atoms with van der Waals surface area (Å²) in [5.74, 6) is 2.20. The molecule has 1 aliphatic heterocycles. The molecule has 0 atom stereocenters. The van der Waals surface area contributed by atoms with Crippen LogP contribution in [-0.2, 0) is 13.0 Å². The van der Waals surface area contributed by atoms with Crippen LogP contribution in [-0.4, -0.2) is 27.6 Å². The molecule has 0 bridgehead atoms. The van der Waals surface area contributed by atoms with Crippen molar-refractivity contribution in [2.45, 2.75) is 32.7 Å². The molecule has 2 aliphatic rings. The largest absolute Gasteiger partial charge is 0.355 e. The maximum atomic E-state index is 4.82. The van der Waals surface area contributed by atoms with Crippen LogP contribution in [0.3, 0.4) is 0 Å². The smallest absolute Gasteiger partial charge is 0.129 e. The predicted molar refractivity (Wildman–Crippen MR) is 88.9 cm³/mol. The van der Waals surface area contributed by atoms with E-state index in [1.165, 1.54) is 31.5 Å². The first kappa shape index (κ1) is 13.6. The molecule has 0 radical (unpaired) electrons. The number of aryl methyl sites for hydroxylation is 1. The summed E-state index contributed by atoms with van der Waals surface area (Å²) in [4.78, 5) is 11.6. The second-order valence-corrected chi connectivity index (χ2v) is 6.60. The minimum absolute atomic E-state index is 0.654. The lowest BCUT2D eigenvalue weighted by molar-refractivity contribution is 0.384. The number of aromatic nitrogens is 3. The molecule has 2 fully saturated rings. The number of anilines is 1. The van der Waals surface area contributed by atoms with Crippen LogP contribution in [0.25, 0.3) is 6.08 Å². The molecular weight excluding hydrogens is 272 g/mol. The van der Waals surface area contributed by atoms with Crippen LogP contribution in [0, 0.1) is 5.41 Å². The van der Waals surface area contributed by atoms with E-state index in [-0.39, 0.29) is 0 Å². The fourth-order valence-electron chi connectivity index (χ4n) is 3.38. The van der Waals surface area contributed by atoms with Gasteiger partial charge in [-0.1, -0.05) is 19.6 Å². The third-order valence-electron chi connectivity index (χ3n) is 4.98. The van der Waals surface area contributed by atoms with Crippen molar-refractivity contribution in [2.75, 3.05) is 18.0 Å². The SMILES string of the molecule is C=Cc1nc(N2CC3(CC3)C2)ccc1Cn1ccnc1CC. The van der Waals surface area contributed by atoms with Gasteiger partial charge in [0, 0.05) is 37.3 Å². The van der Waals surface area contributed by atoms with Gasteiger partial charge in [0.1, 0.15) is 11.6 Å². The lowest BCUT2D eigenvalue weighted by atomic mass is 9.97. The van der Waals surface area contributed by atoms with Gasteiger partial charge in [0.05, 0.1) is 12.2 Å². The Bertz CT molecular complexity index is 704. The topological polar surface area (TPSA) is 34.0 Å². The Morgan fingerprint density at radius 2 is 2.14 bits per heavy atom. The van der Waals surface area contributed by atoms with Gasteiger partial charge >= 0.3 is 0 Å². The van der Waals surface area contributed by atoms with Crippen molar-refractivity contribution in [1.82, 2.24) is 14.5 Å². The Hall–Kier alpha value is -2.10. The Balaban J connectivity index is 1.56. The van der Waals surface area contributed by atoms with Crippen LogP contribution in [0.5, 0.6) is 0 Å². The number of nitrogens with zero attached hydrogens (tertiary/aromatic N) is 4. The summed E-state index contributed by atoms with van der Waals surface area (Å²) in [5, 5.41) is 0. The number of hydrogen-bond donors (Lipinski definition) is 0. The molecular formula is C18H22N4. The zero-order valence-electron chi connectivity index (χ0n) is 13.1. The summed E-state index contributed by atoms with van der Waals surface area (Å²) in [6.45, 7) is 9.24. The fraction of sp³-hybridized carbons (Fsp3) is 0.444. The Morgan fingerprint density at radius 3 is 2.82 bits per heavy atom. The highest BCUT2D eigenvalue weighted by Crippen LogP contribution is 2.53. The Labute approximate surface area is 131 Å². The molecule has 2 aromatic heterocycles. The third kappa shape index (κ3) is 2.23. The number of hydrogen-bond acceptors (Lipinski definition) is 3. The zero-order chi connectivity index (χ0) is 15.2. The summed E-state index contributed by atoms with van der Waals surface area (Å²) >= 11 is 0. The maximum absolute atomic E-state index is 4.82. The van der Waals surface area contributed by atoms with Crippen molar-refractivity contribution in [3.8, 4) is 0 Å². The number of imidazole rings is 1. The van der Waals surface area contributed by atoms with Gasteiger partial charge in [-0.2, -0.15) is 0 Å². The molecule has 4 heteroatoms. The molecule has 0 aromatic carbocycles. The average Bonchev–Trinajstić information content (AvgIpc) is 3.19. The minimum Gasteiger partial charge on any atom is -0.355 e. The molecule has 4 rings (SSSR count). The average molecular weight is 294 g/mol. The molecule has 0 N–H and O–H groups in total. The molecule has 1 aliphatic carbocycles. The van der Waals surface area contributed by atoms with Gasteiger partial charge < -0.3 is 9.47 Å². The predicted octanol–water partition coefficient (Wildman–Crippen LogP) is 3.13. The third-order valence-corrected chi connectivity index (χ3v) is 4.98.